The Balaban J connectivity index is 1.58. The third kappa shape index (κ3) is 5.86. The molecule has 0 unspecified atom stereocenters. The van der Waals surface area contributed by atoms with E-state index in [0.717, 1.165) is 6.07 Å². The molecule has 2 aliphatic rings. The maximum absolute atomic E-state index is 11.0. The number of phenols is 3. The molecule has 0 bridgehead atoms. The Hall–Kier alpha value is -3.51. The van der Waals surface area contributed by atoms with E-state index in [0.29, 0.717) is 5.56 Å². The molecule has 0 amide bonds. The second-order valence-electron chi connectivity index (χ2n) is 10.3. The van der Waals surface area contributed by atoms with Crippen LogP contribution in [0.1, 0.15) is 6.92 Å². The number of phenolic OH excluding ortho intramolecular Hbond substituents is 3. The number of aliphatic hydroxyl groups is 6. The van der Waals surface area contributed by atoms with E-state index in [2.05, 4.69) is 0 Å². The van der Waals surface area contributed by atoms with Crippen molar-refractivity contribution in [3.8, 4) is 40.1 Å². The van der Waals surface area contributed by atoms with Gasteiger partial charge in [-0.15, -0.1) is 0 Å². The summed E-state index contributed by atoms with van der Waals surface area (Å²) in [6, 6.07) is 7.85. The van der Waals surface area contributed by atoms with Gasteiger partial charge in [0.2, 0.25) is 12.0 Å². The molecule has 0 radical (unpaired) electrons. The standard InChI is InChI=1S/C28H32O15/c1-10-20(33)22(35)24(37)27(39-10)43-26-23(36)21(34)19(9-29)42-28(26)41-18-8-13-15(32)6-12(30)7-16(13)40-25(18)11-3-4-14(31)17(5-11)38-2/h3-8,10,19-24,26-29,33-37H,9H2,1-2H3,(H2-,30,31,32)/p+1/t10-,19+,20-,21+,22+,23-,24+,26+,27-,28+/m0/s1. The lowest BCUT2D eigenvalue weighted by Crippen LogP contribution is -2.64. The molecule has 2 fully saturated rings. The van der Waals surface area contributed by atoms with Gasteiger partial charge in [-0.2, -0.15) is 0 Å². The minimum Gasteiger partial charge on any atom is -0.507 e. The molecule has 43 heavy (non-hydrogen) atoms. The molecule has 3 heterocycles. The largest absolute Gasteiger partial charge is 0.507 e. The molecule has 3 aromatic rings. The summed E-state index contributed by atoms with van der Waals surface area (Å²) >= 11 is 0. The van der Waals surface area contributed by atoms with Crippen molar-refractivity contribution in [1.82, 2.24) is 0 Å². The molecule has 0 aliphatic carbocycles. The fourth-order valence-electron chi connectivity index (χ4n) is 4.99. The molecule has 10 atom stereocenters. The molecule has 2 aromatic carbocycles. The lowest BCUT2D eigenvalue weighted by Gasteiger charge is -2.45. The van der Waals surface area contributed by atoms with Crippen LogP contribution >= 0.6 is 0 Å². The van der Waals surface area contributed by atoms with Crippen LogP contribution in [0.15, 0.2) is 40.8 Å². The average molecular weight is 610 g/mol. The molecule has 15 heteroatoms. The summed E-state index contributed by atoms with van der Waals surface area (Å²) in [7, 11) is 1.34. The van der Waals surface area contributed by atoms with Gasteiger partial charge in [0, 0.05) is 18.2 Å². The predicted octanol–water partition coefficient (Wildman–Crippen LogP) is -0.463. The Morgan fingerprint density at radius 1 is 0.791 bits per heavy atom. The first-order valence-electron chi connectivity index (χ1n) is 13.3. The molecular formula is C28H33O15+. The number of rotatable bonds is 7. The van der Waals surface area contributed by atoms with Gasteiger partial charge in [-0.3, -0.25) is 0 Å². The number of benzene rings is 2. The lowest BCUT2D eigenvalue weighted by molar-refractivity contribution is -0.354. The highest BCUT2D eigenvalue weighted by molar-refractivity contribution is 5.88. The molecule has 0 saturated carbocycles. The van der Waals surface area contributed by atoms with Crippen LogP contribution in [0.4, 0.5) is 0 Å². The first kappa shape index (κ1) is 30.9. The van der Waals surface area contributed by atoms with Crippen molar-refractivity contribution in [2.75, 3.05) is 13.7 Å². The zero-order chi connectivity index (χ0) is 31.2. The van der Waals surface area contributed by atoms with Crippen LogP contribution in [0.2, 0.25) is 0 Å². The number of hydrogen-bond acceptors (Lipinski definition) is 14. The summed E-state index contributed by atoms with van der Waals surface area (Å²) in [4.78, 5) is 0. The van der Waals surface area contributed by atoms with E-state index in [1.165, 1.54) is 44.4 Å². The van der Waals surface area contributed by atoms with Gasteiger partial charge in [0.15, 0.2) is 23.9 Å². The van der Waals surface area contributed by atoms with E-state index in [9.17, 15) is 46.0 Å². The lowest BCUT2D eigenvalue weighted by atomic mass is 9.97. The highest BCUT2D eigenvalue weighted by atomic mass is 16.8. The van der Waals surface area contributed by atoms with Gasteiger partial charge in [-0.1, -0.05) is 0 Å². The van der Waals surface area contributed by atoms with Gasteiger partial charge >= 0.3 is 11.3 Å². The van der Waals surface area contributed by atoms with Crippen LogP contribution < -0.4 is 9.47 Å². The van der Waals surface area contributed by atoms with Crippen molar-refractivity contribution < 1.29 is 74.1 Å². The molecule has 2 saturated heterocycles. The summed E-state index contributed by atoms with van der Waals surface area (Å²) in [5.74, 6) is -0.931. The van der Waals surface area contributed by atoms with Crippen molar-refractivity contribution in [1.29, 1.82) is 0 Å². The molecular weight excluding hydrogens is 576 g/mol. The zero-order valence-corrected chi connectivity index (χ0v) is 22.9. The molecule has 2 aliphatic heterocycles. The number of aromatic hydroxyl groups is 3. The number of hydrogen-bond donors (Lipinski definition) is 9. The highest BCUT2D eigenvalue weighted by Gasteiger charge is 2.51. The van der Waals surface area contributed by atoms with Gasteiger partial charge in [0.1, 0.15) is 53.5 Å². The quantitative estimate of drug-likeness (QED) is 0.154. The molecule has 0 spiro atoms. The van der Waals surface area contributed by atoms with Crippen LogP contribution in [-0.2, 0) is 14.2 Å². The molecule has 234 valence electrons. The second-order valence-corrected chi connectivity index (χ2v) is 10.3. The number of aliphatic hydroxyl groups excluding tert-OH is 6. The minimum atomic E-state index is -1.79. The van der Waals surface area contributed by atoms with Crippen LogP contribution in [-0.4, -0.2) is 121 Å². The van der Waals surface area contributed by atoms with Crippen LogP contribution in [0.5, 0.6) is 28.7 Å². The number of fused-ring (bicyclic) bond motifs is 1. The molecule has 5 rings (SSSR count). The van der Waals surface area contributed by atoms with Gasteiger partial charge in [-0.05, 0) is 19.1 Å². The van der Waals surface area contributed by atoms with Gasteiger partial charge < -0.3 is 69.6 Å². The maximum Gasteiger partial charge on any atom is 0.402 e. The van der Waals surface area contributed by atoms with Crippen molar-refractivity contribution in [3.05, 3.63) is 36.4 Å². The van der Waals surface area contributed by atoms with Crippen LogP contribution in [0, 0.1) is 0 Å². The topological polar surface area (TPSA) is 240 Å². The summed E-state index contributed by atoms with van der Waals surface area (Å²) in [5, 5.41) is 92.9. The third-order valence-electron chi connectivity index (χ3n) is 7.43. The van der Waals surface area contributed by atoms with Crippen molar-refractivity contribution in [3.63, 3.8) is 0 Å². The summed E-state index contributed by atoms with van der Waals surface area (Å²) in [5.41, 5.74) is 0.326. The Morgan fingerprint density at radius 3 is 2.23 bits per heavy atom. The zero-order valence-electron chi connectivity index (χ0n) is 22.9. The van der Waals surface area contributed by atoms with Crippen molar-refractivity contribution in [2.45, 2.75) is 68.3 Å². The average Bonchev–Trinajstić information content (AvgIpc) is 2.98. The fraction of sp³-hybridized carbons (Fsp3) is 0.464. The van der Waals surface area contributed by atoms with E-state index in [-0.39, 0.29) is 45.5 Å². The summed E-state index contributed by atoms with van der Waals surface area (Å²) < 4.78 is 34.3. The normalized spacial score (nSPS) is 32.9. The van der Waals surface area contributed by atoms with Gasteiger partial charge in [0.05, 0.1) is 31.5 Å². The predicted molar refractivity (Wildman–Crippen MR) is 143 cm³/mol. The Kier molecular flexibility index (Phi) is 8.80. The maximum atomic E-state index is 11.0. The monoisotopic (exact) mass is 609 g/mol. The first-order valence-corrected chi connectivity index (χ1v) is 13.3. The fourth-order valence-corrected chi connectivity index (χ4v) is 4.99. The van der Waals surface area contributed by atoms with E-state index in [1.54, 1.807) is 0 Å². The summed E-state index contributed by atoms with van der Waals surface area (Å²) in [6.45, 7) is 0.688. The smallest absolute Gasteiger partial charge is 0.402 e. The highest BCUT2D eigenvalue weighted by Crippen LogP contribution is 2.42. The van der Waals surface area contributed by atoms with Crippen LogP contribution in [0.25, 0.3) is 22.3 Å². The van der Waals surface area contributed by atoms with E-state index in [1.807, 2.05) is 0 Å². The van der Waals surface area contributed by atoms with Crippen molar-refractivity contribution in [2.24, 2.45) is 0 Å². The summed E-state index contributed by atoms with van der Waals surface area (Å²) in [6.07, 6.45) is -15.6. The van der Waals surface area contributed by atoms with Gasteiger partial charge in [0.25, 0.3) is 0 Å². The first-order chi connectivity index (χ1) is 20.4. The Labute approximate surface area is 243 Å². The van der Waals surface area contributed by atoms with E-state index < -0.39 is 68.0 Å². The molecule has 9 N–H and O–H groups in total. The van der Waals surface area contributed by atoms with E-state index in [4.69, 9.17) is 28.1 Å². The number of ether oxygens (including phenoxy) is 5. The molecule has 15 nitrogen and oxygen atoms in total. The Morgan fingerprint density at radius 2 is 1.53 bits per heavy atom. The third-order valence-corrected chi connectivity index (χ3v) is 7.43. The number of methoxy groups -OCH3 is 1. The second kappa shape index (κ2) is 12.2. The van der Waals surface area contributed by atoms with Crippen molar-refractivity contribution >= 4 is 11.0 Å². The van der Waals surface area contributed by atoms with Crippen LogP contribution in [0.3, 0.4) is 0 Å². The van der Waals surface area contributed by atoms with E-state index >= 15 is 0 Å². The minimum absolute atomic E-state index is 0.0274. The van der Waals surface area contributed by atoms with Gasteiger partial charge in [-0.25, -0.2) is 4.42 Å². The SMILES string of the molecule is COc1cc(-c2[o+]c3cc(O)cc(O)c3cc2O[C@@H]2O[C@H](CO)[C@@H](O)[C@H](O)[C@H]2O[C@@H]2O[C@@H](C)[C@H](O)[C@@H](O)[C@H]2O)ccc1O. The molecule has 1 aromatic heterocycles. The Bertz CT molecular complexity index is 1450.